The quantitative estimate of drug-likeness (QED) is 0.553. The number of para-hydroxylation sites is 1. The van der Waals surface area contributed by atoms with E-state index in [1.807, 2.05) is 44.2 Å². The van der Waals surface area contributed by atoms with Gasteiger partial charge in [-0.2, -0.15) is 10.2 Å². The summed E-state index contributed by atoms with van der Waals surface area (Å²) < 4.78 is 17.1. The van der Waals surface area contributed by atoms with E-state index >= 15 is 0 Å². The zero-order valence-corrected chi connectivity index (χ0v) is 15.1. The molecule has 0 radical (unpaired) electrons. The van der Waals surface area contributed by atoms with Crippen molar-refractivity contribution in [3.05, 3.63) is 88.2 Å². The van der Waals surface area contributed by atoms with Crippen molar-refractivity contribution in [3.63, 3.8) is 0 Å². The molecule has 0 spiro atoms. The lowest BCUT2D eigenvalue weighted by molar-refractivity contribution is 0.564. The van der Waals surface area contributed by atoms with Crippen LogP contribution in [0, 0.1) is 5.82 Å². The molecular weight excluding hydrogens is 343 g/mol. The highest BCUT2D eigenvalue weighted by atomic mass is 19.1. The number of halogens is 1. The number of aromatic nitrogens is 4. The second-order valence-electron chi connectivity index (χ2n) is 6.75. The maximum atomic E-state index is 14.1. The number of hydrogen-bond donors (Lipinski definition) is 0. The molecule has 0 saturated carbocycles. The normalized spacial score (nSPS) is 11.4. The molecule has 0 bridgehead atoms. The van der Waals surface area contributed by atoms with E-state index < -0.39 is 0 Å². The van der Waals surface area contributed by atoms with E-state index in [9.17, 15) is 9.18 Å². The number of rotatable bonds is 4. The summed E-state index contributed by atoms with van der Waals surface area (Å²) in [5.74, 6) is -0.262. The van der Waals surface area contributed by atoms with Gasteiger partial charge in [-0.1, -0.05) is 50.2 Å². The third kappa shape index (κ3) is 3.03. The number of nitrogens with zero attached hydrogens (tertiary/aromatic N) is 4. The Morgan fingerprint density at radius 3 is 2.44 bits per heavy atom. The third-order valence-electron chi connectivity index (χ3n) is 4.54. The molecule has 136 valence electrons. The van der Waals surface area contributed by atoms with Crippen molar-refractivity contribution in [3.8, 4) is 5.69 Å². The number of fused-ring (bicyclic) bond motifs is 1. The third-order valence-corrected chi connectivity index (χ3v) is 4.54. The van der Waals surface area contributed by atoms with Gasteiger partial charge in [-0.3, -0.25) is 4.79 Å². The molecule has 2 aromatic heterocycles. The topological polar surface area (TPSA) is 52.7 Å². The molecule has 27 heavy (non-hydrogen) atoms. The van der Waals surface area contributed by atoms with Crippen LogP contribution in [-0.2, 0) is 6.54 Å². The van der Waals surface area contributed by atoms with Crippen LogP contribution in [0.15, 0.2) is 65.6 Å². The first-order valence-electron chi connectivity index (χ1n) is 8.84. The summed E-state index contributed by atoms with van der Waals surface area (Å²) in [6, 6.07) is 15.9. The van der Waals surface area contributed by atoms with Crippen LogP contribution in [-0.4, -0.2) is 19.6 Å². The largest absolute Gasteiger partial charge is 0.293 e. The average molecular weight is 362 g/mol. The van der Waals surface area contributed by atoms with Gasteiger partial charge in [0.1, 0.15) is 11.3 Å². The predicted molar refractivity (Wildman–Crippen MR) is 103 cm³/mol. The summed E-state index contributed by atoms with van der Waals surface area (Å²) in [4.78, 5) is 13.2. The number of hydrogen-bond acceptors (Lipinski definition) is 3. The van der Waals surface area contributed by atoms with Gasteiger partial charge in [0, 0.05) is 10.9 Å². The van der Waals surface area contributed by atoms with Crippen molar-refractivity contribution in [2.75, 3.05) is 0 Å². The fourth-order valence-corrected chi connectivity index (χ4v) is 3.18. The van der Waals surface area contributed by atoms with Gasteiger partial charge in [0.05, 0.1) is 24.1 Å². The molecule has 0 fully saturated rings. The Bertz CT molecular complexity index is 1160. The molecule has 0 N–H and O–H groups in total. The van der Waals surface area contributed by atoms with Crippen LogP contribution >= 0.6 is 0 Å². The van der Waals surface area contributed by atoms with Crippen molar-refractivity contribution in [1.82, 2.24) is 19.6 Å². The van der Waals surface area contributed by atoms with Gasteiger partial charge in [-0.25, -0.2) is 13.8 Å². The molecule has 5 nitrogen and oxygen atoms in total. The smallest absolute Gasteiger partial charge is 0.265 e. The summed E-state index contributed by atoms with van der Waals surface area (Å²) in [7, 11) is 0. The molecule has 0 aliphatic carbocycles. The lowest BCUT2D eigenvalue weighted by atomic mass is 10.1. The summed E-state index contributed by atoms with van der Waals surface area (Å²) in [5.41, 5.74) is 2.15. The fraction of sp³-hybridized carbons (Fsp3) is 0.190. The monoisotopic (exact) mass is 362 g/mol. The van der Waals surface area contributed by atoms with Crippen molar-refractivity contribution >= 4 is 10.9 Å². The molecule has 0 saturated heterocycles. The van der Waals surface area contributed by atoms with Gasteiger partial charge in [-0.15, -0.1) is 0 Å². The van der Waals surface area contributed by atoms with Crippen LogP contribution in [0.3, 0.4) is 0 Å². The Hall–Kier alpha value is -3.28. The van der Waals surface area contributed by atoms with Crippen LogP contribution in [0.4, 0.5) is 4.39 Å². The Balaban J connectivity index is 1.96. The van der Waals surface area contributed by atoms with E-state index in [2.05, 4.69) is 10.2 Å². The lowest BCUT2D eigenvalue weighted by Gasteiger charge is -2.12. The van der Waals surface area contributed by atoms with E-state index in [1.54, 1.807) is 29.1 Å². The van der Waals surface area contributed by atoms with E-state index in [1.165, 1.54) is 10.7 Å². The van der Waals surface area contributed by atoms with E-state index in [4.69, 9.17) is 0 Å². The number of benzene rings is 2. The van der Waals surface area contributed by atoms with Crippen LogP contribution in [0.1, 0.15) is 31.0 Å². The van der Waals surface area contributed by atoms with E-state index in [0.29, 0.717) is 11.1 Å². The molecule has 0 unspecified atom stereocenters. The van der Waals surface area contributed by atoms with Gasteiger partial charge in [-0.05, 0) is 24.1 Å². The van der Waals surface area contributed by atoms with Crippen molar-refractivity contribution in [2.24, 2.45) is 0 Å². The summed E-state index contributed by atoms with van der Waals surface area (Å²) in [6.07, 6.45) is 1.68. The fourth-order valence-electron chi connectivity index (χ4n) is 3.18. The van der Waals surface area contributed by atoms with Gasteiger partial charge in [0.2, 0.25) is 0 Å². The minimum Gasteiger partial charge on any atom is -0.265 e. The highest BCUT2D eigenvalue weighted by Gasteiger charge is 2.19. The molecular formula is C21H19FN4O. The molecule has 4 aromatic rings. The maximum absolute atomic E-state index is 14.1. The first-order chi connectivity index (χ1) is 13.1. The minimum atomic E-state index is -0.353. The molecule has 4 rings (SSSR count). The average Bonchev–Trinajstić information content (AvgIpc) is 3.11. The minimum absolute atomic E-state index is 0.0706. The Morgan fingerprint density at radius 1 is 1.04 bits per heavy atom. The maximum Gasteiger partial charge on any atom is 0.293 e. The SMILES string of the molecule is CC(C)c1nn(Cc2ccccc2F)c(=O)c2c1cnn2-c1ccccc1. The second kappa shape index (κ2) is 6.79. The van der Waals surface area contributed by atoms with Crippen LogP contribution < -0.4 is 5.56 Å². The zero-order chi connectivity index (χ0) is 19.0. The highest BCUT2D eigenvalue weighted by molar-refractivity contribution is 5.82. The summed E-state index contributed by atoms with van der Waals surface area (Å²) >= 11 is 0. The Kier molecular flexibility index (Phi) is 4.32. The van der Waals surface area contributed by atoms with Crippen LogP contribution in [0.25, 0.3) is 16.6 Å². The van der Waals surface area contributed by atoms with E-state index in [-0.39, 0.29) is 23.8 Å². The van der Waals surface area contributed by atoms with Crippen molar-refractivity contribution < 1.29 is 4.39 Å². The molecule has 0 aliphatic rings. The molecule has 2 aromatic carbocycles. The van der Waals surface area contributed by atoms with Gasteiger partial charge in [0.15, 0.2) is 0 Å². The second-order valence-corrected chi connectivity index (χ2v) is 6.75. The van der Waals surface area contributed by atoms with Crippen molar-refractivity contribution in [2.45, 2.75) is 26.3 Å². The molecule has 6 heteroatoms. The van der Waals surface area contributed by atoms with Crippen LogP contribution in [0.5, 0.6) is 0 Å². The highest BCUT2D eigenvalue weighted by Crippen LogP contribution is 2.23. The first kappa shape index (κ1) is 17.1. The Morgan fingerprint density at radius 2 is 1.74 bits per heavy atom. The summed E-state index contributed by atoms with van der Waals surface area (Å²) in [6.45, 7) is 4.10. The standard InChI is InChI=1S/C21H19FN4O/c1-14(2)19-17-12-23-26(16-9-4-3-5-10-16)20(17)21(27)25(24-19)13-15-8-6-7-11-18(15)22/h3-12,14H,13H2,1-2H3. The molecule has 2 heterocycles. The van der Waals surface area contributed by atoms with Gasteiger partial charge >= 0.3 is 0 Å². The lowest BCUT2D eigenvalue weighted by Crippen LogP contribution is -2.27. The molecule has 0 atom stereocenters. The Labute approximate surface area is 155 Å². The first-order valence-corrected chi connectivity index (χ1v) is 8.84. The van der Waals surface area contributed by atoms with E-state index in [0.717, 1.165) is 16.8 Å². The van der Waals surface area contributed by atoms with Gasteiger partial charge in [0.25, 0.3) is 5.56 Å². The zero-order valence-electron chi connectivity index (χ0n) is 15.1. The summed E-state index contributed by atoms with van der Waals surface area (Å²) in [5, 5.41) is 9.68. The van der Waals surface area contributed by atoms with Crippen LogP contribution in [0.2, 0.25) is 0 Å². The molecule has 0 aliphatic heterocycles. The van der Waals surface area contributed by atoms with Gasteiger partial charge < -0.3 is 0 Å². The molecule has 0 amide bonds. The predicted octanol–water partition coefficient (Wildman–Crippen LogP) is 3.89. The van der Waals surface area contributed by atoms with Crippen molar-refractivity contribution in [1.29, 1.82) is 0 Å².